The van der Waals surface area contributed by atoms with Crippen LogP contribution in [0.25, 0.3) is 0 Å². The molecule has 1 aromatic carbocycles. The lowest BCUT2D eigenvalue weighted by Crippen LogP contribution is -2.24. The van der Waals surface area contributed by atoms with Crippen LogP contribution < -0.4 is 5.32 Å². The van der Waals surface area contributed by atoms with Crippen LogP contribution in [0, 0.1) is 27.7 Å². The Bertz CT molecular complexity index is 617. The summed E-state index contributed by atoms with van der Waals surface area (Å²) in [5, 5.41) is 3.60. The molecule has 0 fully saturated rings. The average molecular weight is 282 g/mol. The summed E-state index contributed by atoms with van der Waals surface area (Å²) in [5.41, 5.74) is 7.61. The smallest absolute Gasteiger partial charge is 0.0423 e. The molecule has 2 aromatic rings. The fourth-order valence-corrected chi connectivity index (χ4v) is 2.77. The maximum Gasteiger partial charge on any atom is 0.0423 e. The van der Waals surface area contributed by atoms with Crippen LogP contribution in [0.5, 0.6) is 0 Å². The van der Waals surface area contributed by atoms with Gasteiger partial charge in [0.15, 0.2) is 0 Å². The van der Waals surface area contributed by atoms with Crippen molar-refractivity contribution in [1.29, 1.82) is 0 Å². The lowest BCUT2D eigenvalue weighted by molar-refractivity contribution is 0.544. The number of pyridine rings is 1. The largest absolute Gasteiger partial charge is 0.310 e. The topological polar surface area (TPSA) is 24.9 Å². The molecule has 1 heterocycles. The molecule has 0 saturated heterocycles. The standard InChI is InChI=1S/C19H26N2/c1-6-20-19(18-10-8-15(4)21-16(18)5)12-17-9-7-13(2)14(3)11-17/h7-11,19-20H,6,12H2,1-5H3. The van der Waals surface area contributed by atoms with Gasteiger partial charge in [-0.05, 0) is 69.0 Å². The van der Waals surface area contributed by atoms with Gasteiger partial charge in [-0.15, -0.1) is 0 Å². The molecular weight excluding hydrogens is 256 g/mol. The van der Waals surface area contributed by atoms with E-state index in [0.29, 0.717) is 6.04 Å². The van der Waals surface area contributed by atoms with Crippen LogP contribution in [0.2, 0.25) is 0 Å². The van der Waals surface area contributed by atoms with E-state index in [2.05, 4.69) is 68.3 Å². The summed E-state index contributed by atoms with van der Waals surface area (Å²) in [6, 6.07) is 11.4. The number of nitrogens with one attached hydrogen (secondary N) is 1. The van der Waals surface area contributed by atoms with Crippen LogP contribution in [-0.2, 0) is 6.42 Å². The Morgan fingerprint density at radius 3 is 2.38 bits per heavy atom. The van der Waals surface area contributed by atoms with Crippen LogP contribution in [0.3, 0.4) is 0 Å². The minimum Gasteiger partial charge on any atom is -0.310 e. The molecule has 2 rings (SSSR count). The van der Waals surface area contributed by atoms with Gasteiger partial charge >= 0.3 is 0 Å². The molecular formula is C19H26N2. The van der Waals surface area contributed by atoms with E-state index in [0.717, 1.165) is 24.4 Å². The molecule has 1 atom stereocenters. The van der Waals surface area contributed by atoms with Crippen molar-refractivity contribution in [2.24, 2.45) is 0 Å². The van der Waals surface area contributed by atoms with Crippen molar-refractivity contribution in [2.75, 3.05) is 6.54 Å². The fourth-order valence-electron chi connectivity index (χ4n) is 2.77. The van der Waals surface area contributed by atoms with E-state index in [1.807, 2.05) is 6.92 Å². The van der Waals surface area contributed by atoms with E-state index in [9.17, 15) is 0 Å². The van der Waals surface area contributed by atoms with Crippen molar-refractivity contribution in [1.82, 2.24) is 10.3 Å². The first-order valence-electron chi connectivity index (χ1n) is 7.75. The zero-order valence-corrected chi connectivity index (χ0v) is 13.8. The Hall–Kier alpha value is -1.67. The van der Waals surface area contributed by atoms with Gasteiger partial charge in [0.2, 0.25) is 0 Å². The SMILES string of the molecule is CCNC(Cc1ccc(C)c(C)c1)c1ccc(C)nc1C. The highest BCUT2D eigenvalue weighted by Gasteiger charge is 2.14. The first-order valence-corrected chi connectivity index (χ1v) is 7.75. The van der Waals surface area contributed by atoms with Crippen molar-refractivity contribution in [3.63, 3.8) is 0 Å². The normalized spacial score (nSPS) is 12.4. The van der Waals surface area contributed by atoms with E-state index >= 15 is 0 Å². The third-order valence-electron chi connectivity index (χ3n) is 4.10. The second kappa shape index (κ2) is 6.86. The number of nitrogens with zero attached hydrogens (tertiary/aromatic N) is 1. The van der Waals surface area contributed by atoms with Crippen molar-refractivity contribution in [3.8, 4) is 0 Å². The summed E-state index contributed by atoms with van der Waals surface area (Å²) in [4.78, 5) is 4.61. The molecule has 2 heteroatoms. The van der Waals surface area contributed by atoms with Crippen LogP contribution in [0.1, 0.15) is 46.6 Å². The predicted molar refractivity (Wildman–Crippen MR) is 89.7 cm³/mol. The minimum absolute atomic E-state index is 0.324. The molecule has 1 aromatic heterocycles. The van der Waals surface area contributed by atoms with Crippen LogP contribution in [-0.4, -0.2) is 11.5 Å². The molecule has 0 aliphatic rings. The molecule has 0 spiro atoms. The van der Waals surface area contributed by atoms with Gasteiger partial charge in [0.1, 0.15) is 0 Å². The summed E-state index contributed by atoms with van der Waals surface area (Å²) in [6.07, 6.45) is 1.00. The van der Waals surface area contributed by atoms with Crippen LogP contribution >= 0.6 is 0 Å². The number of benzene rings is 1. The van der Waals surface area contributed by atoms with Crippen molar-refractivity contribution >= 4 is 0 Å². The lowest BCUT2D eigenvalue weighted by atomic mass is 9.95. The van der Waals surface area contributed by atoms with E-state index in [-0.39, 0.29) is 0 Å². The molecule has 21 heavy (non-hydrogen) atoms. The molecule has 0 aliphatic carbocycles. The molecule has 2 nitrogen and oxygen atoms in total. The van der Waals surface area contributed by atoms with E-state index in [1.54, 1.807) is 0 Å². The molecule has 0 aliphatic heterocycles. The average Bonchev–Trinajstić information content (AvgIpc) is 2.42. The van der Waals surface area contributed by atoms with Gasteiger partial charge in [0.25, 0.3) is 0 Å². The number of likely N-dealkylation sites (N-methyl/N-ethyl adjacent to an activating group) is 1. The molecule has 0 amide bonds. The first-order chi connectivity index (χ1) is 10.0. The van der Waals surface area contributed by atoms with Gasteiger partial charge in [-0.25, -0.2) is 0 Å². The highest BCUT2D eigenvalue weighted by molar-refractivity contribution is 5.32. The second-order valence-electron chi connectivity index (χ2n) is 5.86. The van der Waals surface area contributed by atoms with Gasteiger partial charge in [-0.2, -0.15) is 0 Å². The molecule has 112 valence electrons. The van der Waals surface area contributed by atoms with E-state index in [4.69, 9.17) is 0 Å². The van der Waals surface area contributed by atoms with Gasteiger partial charge < -0.3 is 5.32 Å². The van der Waals surface area contributed by atoms with Crippen molar-refractivity contribution in [3.05, 3.63) is 64.0 Å². The van der Waals surface area contributed by atoms with E-state index < -0.39 is 0 Å². The van der Waals surface area contributed by atoms with Gasteiger partial charge in [-0.3, -0.25) is 4.98 Å². The fraction of sp³-hybridized carbons (Fsp3) is 0.421. The molecule has 0 bridgehead atoms. The van der Waals surface area contributed by atoms with Gasteiger partial charge in [0.05, 0.1) is 0 Å². The number of aromatic nitrogens is 1. The number of hydrogen-bond donors (Lipinski definition) is 1. The Kier molecular flexibility index (Phi) is 5.13. The Morgan fingerprint density at radius 1 is 1.00 bits per heavy atom. The zero-order chi connectivity index (χ0) is 15.4. The monoisotopic (exact) mass is 282 g/mol. The summed E-state index contributed by atoms with van der Waals surface area (Å²) in [5.74, 6) is 0. The Balaban J connectivity index is 2.28. The quantitative estimate of drug-likeness (QED) is 0.888. The number of hydrogen-bond acceptors (Lipinski definition) is 2. The van der Waals surface area contributed by atoms with Gasteiger partial charge in [0, 0.05) is 17.4 Å². The van der Waals surface area contributed by atoms with Gasteiger partial charge in [-0.1, -0.05) is 31.2 Å². The molecule has 1 unspecified atom stereocenters. The Morgan fingerprint density at radius 2 is 1.76 bits per heavy atom. The van der Waals surface area contributed by atoms with Crippen molar-refractivity contribution in [2.45, 2.75) is 47.1 Å². The lowest BCUT2D eigenvalue weighted by Gasteiger charge is -2.21. The van der Waals surface area contributed by atoms with Crippen molar-refractivity contribution < 1.29 is 0 Å². The van der Waals surface area contributed by atoms with Crippen LogP contribution in [0.4, 0.5) is 0 Å². The van der Waals surface area contributed by atoms with Crippen LogP contribution in [0.15, 0.2) is 30.3 Å². The maximum absolute atomic E-state index is 4.61. The summed E-state index contributed by atoms with van der Waals surface area (Å²) in [6.45, 7) is 11.6. The molecule has 1 N–H and O–H groups in total. The second-order valence-corrected chi connectivity index (χ2v) is 5.86. The highest BCUT2D eigenvalue weighted by atomic mass is 14.9. The highest BCUT2D eigenvalue weighted by Crippen LogP contribution is 2.22. The minimum atomic E-state index is 0.324. The Labute approximate surface area is 128 Å². The third-order valence-corrected chi connectivity index (χ3v) is 4.10. The number of rotatable bonds is 5. The first kappa shape index (κ1) is 15.7. The third kappa shape index (κ3) is 3.92. The summed E-state index contributed by atoms with van der Waals surface area (Å²) < 4.78 is 0. The maximum atomic E-state index is 4.61. The predicted octanol–water partition coefficient (Wildman–Crippen LogP) is 4.21. The summed E-state index contributed by atoms with van der Waals surface area (Å²) in [7, 11) is 0. The zero-order valence-electron chi connectivity index (χ0n) is 13.8. The summed E-state index contributed by atoms with van der Waals surface area (Å²) >= 11 is 0. The number of aryl methyl sites for hydroxylation is 4. The van der Waals surface area contributed by atoms with E-state index in [1.165, 1.54) is 22.3 Å². The molecule has 0 saturated carbocycles. The molecule has 0 radical (unpaired) electrons.